The van der Waals surface area contributed by atoms with Crippen LogP contribution in [0.25, 0.3) is 0 Å². The molecule has 0 radical (unpaired) electrons. The van der Waals surface area contributed by atoms with Crippen LogP contribution in [0.5, 0.6) is 0 Å². The number of non-ortho nitro benzene ring substituents is 1. The molecule has 5 nitrogen and oxygen atoms in total. The predicted octanol–water partition coefficient (Wildman–Crippen LogP) is 3.37. The van der Waals surface area contributed by atoms with Gasteiger partial charge in [0.25, 0.3) is 11.6 Å². The quantitative estimate of drug-likeness (QED) is 0.615. The van der Waals surface area contributed by atoms with E-state index >= 15 is 0 Å². The molecular weight excluding hydrogens is 268 g/mol. The van der Waals surface area contributed by atoms with Gasteiger partial charge in [-0.15, -0.1) is 0 Å². The molecule has 0 fully saturated rings. The number of nitrogens with zero attached hydrogens (tertiary/aromatic N) is 2. The summed E-state index contributed by atoms with van der Waals surface area (Å²) in [4.78, 5) is 23.8. The summed E-state index contributed by atoms with van der Waals surface area (Å²) in [6.45, 7) is 4.79. The summed E-state index contributed by atoms with van der Waals surface area (Å²) in [5.74, 6) is 0.281. The number of nitro groups is 1. The molecule has 1 aromatic carbocycles. The normalized spacial score (nSPS) is 10.6. The van der Waals surface area contributed by atoms with Crippen LogP contribution in [0.2, 0.25) is 5.02 Å². The number of benzene rings is 1. The largest absolute Gasteiger partial charge is 0.342 e. The zero-order chi connectivity index (χ0) is 14.6. The summed E-state index contributed by atoms with van der Waals surface area (Å²) in [5.41, 5.74) is 0.171. The molecule has 104 valence electrons. The summed E-state index contributed by atoms with van der Waals surface area (Å²) in [6.07, 6.45) is 0.896. The molecular formula is C13H17ClN2O3. The second-order valence-corrected chi connectivity index (χ2v) is 5.24. The van der Waals surface area contributed by atoms with Gasteiger partial charge in [-0.1, -0.05) is 25.4 Å². The zero-order valence-electron chi connectivity index (χ0n) is 11.2. The molecule has 0 atom stereocenters. The van der Waals surface area contributed by atoms with E-state index in [2.05, 4.69) is 13.8 Å². The number of hydrogen-bond donors (Lipinski definition) is 0. The molecule has 0 unspecified atom stereocenters. The number of hydrogen-bond acceptors (Lipinski definition) is 3. The highest BCUT2D eigenvalue weighted by Crippen LogP contribution is 2.23. The second kappa shape index (κ2) is 6.52. The van der Waals surface area contributed by atoms with Crippen molar-refractivity contribution in [2.75, 3.05) is 13.6 Å². The predicted molar refractivity (Wildman–Crippen MR) is 74.5 cm³/mol. The standard InChI is InChI=1S/C13H17ClN2O3/c1-9(2)6-7-15(3)13(17)11-5-4-10(16(18)19)8-12(11)14/h4-5,8-9H,6-7H2,1-3H3. The molecule has 1 aromatic rings. The molecule has 0 spiro atoms. The smallest absolute Gasteiger partial charge is 0.270 e. The number of nitro benzene ring substituents is 1. The van der Waals surface area contributed by atoms with Gasteiger partial charge in [-0.05, 0) is 18.4 Å². The average Bonchev–Trinajstić information content (AvgIpc) is 2.34. The SMILES string of the molecule is CC(C)CCN(C)C(=O)c1ccc([N+](=O)[O-])cc1Cl. The third kappa shape index (κ3) is 4.21. The van der Waals surface area contributed by atoms with E-state index in [9.17, 15) is 14.9 Å². The highest BCUT2D eigenvalue weighted by Gasteiger charge is 2.18. The van der Waals surface area contributed by atoms with Crippen LogP contribution in [0.1, 0.15) is 30.6 Å². The molecule has 1 rings (SSSR count). The van der Waals surface area contributed by atoms with E-state index in [1.54, 1.807) is 11.9 Å². The van der Waals surface area contributed by atoms with Crippen LogP contribution in [0, 0.1) is 16.0 Å². The third-order valence-electron chi connectivity index (χ3n) is 2.78. The Morgan fingerprint density at radius 1 is 1.47 bits per heavy atom. The Morgan fingerprint density at radius 3 is 2.58 bits per heavy atom. The van der Waals surface area contributed by atoms with Crippen molar-refractivity contribution in [1.29, 1.82) is 0 Å². The minimum absolute atomic E-state index is 0.107. The van der Waals surface area contributed by atoms with Crippen LogP contribution in [-0.4, -0.2) is 29.3 Å². The van der Waals surface area contributed by atoms with Crippen molar-refractivity contribution in [3.63, 3.8) is 0 Å². The van der Waals surface area contributed by atoms with Crippen LogP contribution >= 0.6 is 11.6 Å². The van der Waals surface area contributed by atoms with Crippen molar-refractivity contribution >= 4 is 23.2 Å². The van der Waals surface area contributed by atoms with Gasteiger partial charge >= 0.3 is 0 Å². The van der Waals surface area contributed by atoms with Crippen LogP contribution in [-0.2, 0) is 0 Å². The van der Waals surface area contributed by atoms with Crippen molar-refractivity contribution in [1.82, 2.24) is 4.90 Å². The molecule has 19 heavy (non-hydrogen) atoms. The van der Waals surface area contributed by atoms with Crippen LogP contribution in [0.15, 0.2) is 18.2 Å². The first-order valence-corrected chi connectivity index (χ1v) is 6.40. The molecule has 0 aliphatic carbocycles. The number of halogens is 1. The number of carbonyl (C=O) groups excluding carboxylic acids is 1. The maximum atomic E-state index is 12.1. The molecule has 0 heterocycles. The molecule has 1 amide bonds. The van der Waals surface area contributed by atoms with Crippen molar-refractivity contribution in [2.45, 2.75) is 20.3 Å². The zero-order valence-corrected chi connectivity index (χ0v) is 12.0. The Kier molecular flexibility index (Phi) is 5.30. The maximum absolute atomic E-state index is 12.1. The lowest BCUT2D eigenvalue weighted by atomic mass is 10.1. The minimum atomic E-state index is -0.539. The minimum Gasteiger partial charge on any atom is -0.342 e. The fourth-order valence-electron chi connectivity index (χ4n) is 1.55. The lowest BCUT2D eigenvalue weighted by Crippen LogP contribution is -2.28. The Labute approximate surface area is 117 Å². The Morgan fingerprint density at radius 2 is 2.11 bits per heavy atom. The molecule has 0 aliphatic heterocycles. The number of carbonyl (C=O) groups is 1. The monoisotopic (exact) mass is 284 g/mol. The highest BCUT2D eigenvalue weighted by atomic mass is 35.5. The molecule has 0 saturated carbocycles. The van der Waals surface area contributed by atoms with E-state index in [-0.39, 0.29) is 16.6 Å². The first-order chi connectivity index (χ1) is 8.82. The van der Waals surface area contributed by atoms with Crippen molar-refractivity contribution in [3.05, 3.63) is 38.9 Å². The van der Waals surface area contributed by atoms with Crippen LogP contribution in [0.4, 0.5) is 5.69 Å². The van der Waals surface area contributed by atoms with Gasteiger partial charge in [0.2, 0.25) is 0 Å². The second-order valence-electron chi connectivity index (χ2n) is 4.83. The highest BCUT2D eigenvalue weighted by molar-refractivity contribution is 6.34. The summed E-state index contributed by atoms with van der Waals surface area (Å²) < 4.78 is 0. The van der Waals surface area contributed by atoms with Crippen molar-refractivity contribution in [2.24, 2.45) is 5.92 Å². The maximum Gasteiger partial charge on any atom is 0.270 e. The van der Waals surface area contributed by atoms with Gasteiger partial charge in [0.15, 0.2) is 0 Å². The molecule has 0 N–H and O–H groups in total. The Hall–Kier alpha value is -1.62. The Bertz CT molecular complexity index is 489. The van der Waals surface area contributed by atoms with Gasteiger partial charge in [-0.25, -0.2) is 0 Å². The van der Waals surface area contributed by atoms with Gasteiger partial charge in [0.05, 0.1) is 15.5 Å². The van der Waals surface area contributed by atoms with E-state index in [0.717, 1.165) is 6.42 Å². The summed E-state index contributed by atoms with van der Waals surface area (Å²) >= 11 is 5.92. The van der Waals surface area contributed by atoms with Crippen LogP contribution in [0.3, 0.4) is 0 Å². The first kappa shape index (κ1) is 15.4. The lowest BCUT2D eigenvalue weighted by molar-refractivity contribution is -0.384. The number of rotatable bonds is 5. The average molecular weight is 285 g/mol. The molecule has 6 heteroatoms. The summed E-state index contributed by atoms with van der Waals surface area (Å²) in [7, 11) is 1.70. The van der Waals surface area contributed by atoms with Gasteiger partial charge in [0.1, 0.15) is 0 Å². The van der Waals surface area contributed by atoms with Crippen LogP contribution < -0.4 is 0 Å². The topological polar surface area (TPSA) is 63.5 Å². The van der Waals surface area contributed by atoms with Gasteiger partial charge in [-0.3, -0.25) is 14.9 Å². The fourth-order valence-corrected chi connectivity index (χ4v) is 1.81. The summed E-state index contributed by atoms with van der Waals surface area (Å²) in [6, 6.07) is 3.88. The third-order valence-corrected chi connectivity index (χ3v) is 3.10. The van der Waals surface area contributed by atoms with Crippen molar-refractivity contribution in [3.8, 4) is 0 Å². The van der Waals surface area contributed by atoms with Crippen molar-refractivity contribution < 1.29 is 9.72 Å². The molecule has 0 bridgehead atoms. The van der Waals surface area contributed by atoms with Gasteiger partial charge in [0, 0.05) is 25.7 Å². The lowest BCUT2D eigenvalue weighted by Gasteiger charge is -2.18. The van der Waals surface area contributed by atoms with E-state index in [1.165, 1.54) is 18.2 Å². The fraction of sp³-hybridized carbons (Fsp3) is 0.462. The van der Waals surface area contributed by atoms with E-state index in [1.807, 2.05) is 0 Å². The number of amides is 1. The Balaban J connectivity index is 2.85. The summed E-state index contributed by atoms with van der Waals surface area (Å²) in [5, 5.41) is 10.7. The first-order valence-electron chi connectivity index (χ1n) is 6.02. The van der Waals surface area contributed by atoms with E-state index in [4.69, 9.17) is 11.6 Å². The van der Waals surface area contributed by atoms with Gasteiger partial charge in [-0.2, -0.15) is 0 Å². The molecule has 0 aliphatic rings. The molecule has 0 saturated heterocycles. The van der Waals surface area contributed by atoms with Gasteiger partial charge < -0.3 is 4.90 Å². The molecule has 0 aromatic heterocycles. The van der Waals surface area contributed by atoms with E-state index in [0.29, 0.717) is 18.0 Å². The van der Waals surface area contributed by atoms with E-state index < -0.39 is 4.92 Å².